The summed E-state index contributed by atoms with van der Waals surface area (Å²) in [7, 11) is 0. The molecule has 0 bridgehead atoms. The summed E-state index contributed by atoms with van der Waals surface area (Å²) in [4.78, 5) is 69.8. The zero-order valence-electron chi connectivity index (χ0n) is 17.9. The molecular weight excluding hydrogens is 456 g/mol. The molecular formula is C17H25ClN4O10. The zero-order chi connectivity index (χ0) is 24.4. The highest BCUT2D eigenvalue weighted by atomic mass is 35.5. The smallest absolute Gasteiger partial charge is 0.342 e. The van der Waals surface area contributed by atoms with Crippen LogP contribution in [0, 0.1) is 4.91 Å². The number of urea groups is 1. The van der Waals surface area contributed by atoms with Gasteiger partial charge in [0.05, 0.1) is 11.8 Å². The molecule has 1 aliphatic rings. The third-order valence-corrected chi connectivity index (χ3v) is 4.18. The van der Waals surface area contributed by atoms with E-state index < -0.39 is 67.0 Å². The Morgan fingerprint density at radius 2 is 1.56 bits per heavy atom. The largest absolute Gasteiger partial charge is 0.463 e. The second kappa shape index (κ2) is 12.8. The molecule has 14 nitrogen and oxygen atoms in total. The van der Waals surface area contributed by atoms with Crippen molar-refractivity contribution in [2.75, 3.05) is 19.0 Å². The Bertz CT molecular complexity index is 736. The van der Waals surface area contributed by atoms with Gasteiger partial charge in [-0.1, -0.05) is 0 Å². The van der Waals surface area contributed by atoms with Gasteiger partial charge >= 0.3 is 23.9 Å². The van der Waals surface area contributed by atoms with Crippen molar-refractivity contribution in [1.82, 2.24) is 15.6 Å². The number of halogens is 1. The number of esters is 3. The summed E-state index contributed by atoms with van der Waals surface area (Å²) in [5.41, 5.74) is 0. The molecule has 0 aliphatic carbocycles. The standard InChI is InChI=1S/C17H25ClN4O10/c1-8(23)19-13-15(31-11(4)26)14(30-10(3)25)12(7-29-9(2)24)32-16(13)20-17(27)22(21-28)6-5-18/h12-16H,5-7H2,1-4H3,(H,19,23)(H,20,27)/t12-,13-,14-,15-,16-/m1/s1. The Hall–Kier alpha value is -3.00. The summed E-state index contributed by atoms with van der Waals surface area (Å²) < 4.78 is 21.2. The van der Waals surface area contributed by atoms with Crippen LogP contribution in [0.4, 0.5) is 4.79 Å². The van der Waals surface area contributed by atoms with Crippen LogP contribution >= 0.6 is 11.6 Å². The minimum absolute atomic E-state index is 0.0977. The summed E-state index contributed by atoms with van der Waals surface area (Å²) in [5.74, 6) is -2.94. The van der Waals surface area contributed by atoms with Crippen molar-refractivity contribution >= 4 is 41.4 Å². The molecule has 0 radical (unpaired) electrons. The third-order valence-electron chi connectivity index (χ3n) is 4.01. The number of amides is 3. The van der Waals surface area contributed by atoms with E-state index in [4.69, 9.17) is 30.5 Å². The first-order valence-corrected chi connectivity index (χ1v) is 9.91. The van der Waals surface area contributed by atoms with Crippen LogP contribution < -0.4 is 10.6 Å². The first-order chi connectivity index (χ1) is 15.0. The Morgan fingerprint density at radius 3 is 2.03 bits per heavy atom. The number of hydrogen-bond acceptors (Lipinski definition) is 11. The summed E-state index contributed by atoms with van der Waals surface area (Å²) >= 11 is 5.54. The van der Waals surface area contributed by atoms with Crippen LogP contribution in [0.3, 0.4) is 0 Å². The van der Waals surface area contributed by atoms with Gasteiger partial charge in [0, 0.05) is 33.6 Å². The number of carbonyl (C=O) groups is 5. The van der Waals surface area contributed by atoms with Crippen LogP contribution in [0.15, 0.2) is 5.29 Å². The lowest BCUT2D eigenvalue weighted by Gasteiger charge is -2.45. The highest BCUT2D eigenvalue weighted by molar-refractivity contribution is 6.18. The fourth-order valence-corrected chi connectivity index (χ4v) is 3.07. The van der Waals surface area contributed by atoms with Crippen LogP contribution in [0.5, 0.6) is 0 Å². The van der Waals surface area contributed by atoms with Crippen molar-refractivity contribution in [3.05, 3.63) is 4.91 Å². The van der Waals surface area contributed by atoms with Crippen LogP contribution in [-0.4, -0.2) is 84.5 Å². The molecule has 15 heteroatoms. The van der Waals surface area contributed by atoms with Gasteiger partial charge in [-0.05, 0) is 0 Å². The highest BCUT2D eigenvalue weighted by Crippen LogP contribution is 2.26. The molecule has 0 aromatic rings. The maximum Gasteiger partial charge on any atom is 0.342 e. The number of nitrogens with zero attached hydrogens (tertiary/aromatic N) is 2. The second-order valence-corrected chi connectivity index (χ2v) is 6.99. The van der Waals surface area contributed by atoms with Crippen molar-refractivity contribution in [1.29, 1.82) is 0 Å². The maximum absolute atomic E-state index is 12.4. The van der Waals surface area contributed by atoms with Gasteiger partial charge in [0.25, 0.3) is 0 Å². The van der Waals surface area contributed by atoms with Gasteiger partial charge in [0.15, 0.2) is 18.4 Å². The molecule has 32 heavy (non-hydrogen) atoms. The topological polar surface area (TPSA) is 179 Å². The third kappa shape index (κ3) is 8.26. The van der Waals surface area contributed by atoms with E-state index in [1.807, 2.05) is 0 Å². The number of hydrogen-bond donors (Lipinski definition) is 2. The van der Waals surface area contributed by atoms with Crippen molar-refractivity contribution in [3.8, 4) is 0 Å². The predicted molar refractivity (Wildman–Crippen MR) is 106 cm³/mol. The number of carbonyl (C=O) groups excluding carboxylic acids is 5. The lowest BCUT2D eigenvalue weighted by atomic mass is 9.95. The lowest BCUT2D eigenvalue weighted by Crippen LogP contribution is -2.70. The van der Waals surface area contributed by atoms with E-state index in [2.05, 4.69) is 15.9 Å². The number of nitroso groups, excluding NO2 is 1. The molecule has 1 rings (SSSR count). The molecule has 1 aliphatic heterocycles. The summed E-state index contributed by atoms with van der Waals surface area (Å²) in [6.45, 7) is 3.79. The molecule has 1 fully saturated rings. The van der Waals surface area contributed by atoms with Gasteiger partial charge in [-0.15, -0.1) is 16.5 Å². The molecule has 1 heterocycles. The Labute approximate surface area is 188 Å². The number of alkyl halides is 1. The summed E-state index contributed by atoms with van der Waals surface area (Å²) in [6, 6.07) is -2.29. The minimum Gasteiger partial charge on any atom is -0.463 e. The average Bonchev–Trinajstić information content (AvgIpc) is 2.67. The highest BCUT2D eigenvalue weighted by Gasteiger charge is 2.51. The quantitative estimate of drug-likeness (QED) is 0.144. The van der Waals surface area contributed by atoms with Gasteiger partial charge in [-0.3, -0.25) is 19.2 Å². The monoisotopic (exact) mass is 480 g/mol. The molecule has 0 saturated carbocycles. The van der Waals surface area contributed by atoms with Gasteiger partial charge in [-0.2, -0.15) is 5.01 Å². The van der Waals surface area contributed by atoms with E-state index in [-0.39, 0.29) is 12.4 Å². The van der Waals surface area contributed by atoms with Gasteiger partial charge in [0.2, 0.25) is 5.91 Å². The Kier molecular flexibility index (Phi) is 10.8. The normalized spacial score (nSPS) is 24.5. The number of nitrogens with one attached hydrogen (secondary N) is 2. The molecule has 5 atom stereocenters. The fraction of sp³-hybridized carbons (Fsp3) is 0.706. The molecule has 0 unspecified atom stereocenters. The Morgan fingerprint density at radius 1 is 0.969 bits per heavy atom. The van der Waals surface area contributed by atoms with E-state index in [9.17, 15) is 28.9 Å². The van der Waals surface area contributed by atoms with Crippen LogP contribution in [0.1, 0.15) is 27.7 Å². The van der Waals surface area contributed by atoms with Crippen molar-refractivity contribution < 1.29 is 42.9 Å². The van der Waals surface area contributed by atoms with Gasteiger partial charge in [-0.25, -0.2) is 4.79 Å². The second-order valence-electron chi connectivity index (χ2n) is 6.62. The lowest BCUT2D eigenvalue weighted by molar-refractivity contribution is -0.226. The number of ether oxygens (including phenoxy) is 4. The molecule has 3 amide bonds. The van der Waals surface area contributed by atoms with E-state index in [1.165, 1.54) is 0 Å². The van der Waals surface area contributed by atoms with E-state index in [0.717, 1.165) is 27.7 Å². The molecule has 180 valence electrons. The maximum atomic E-state index is 12.4. The first kappa shape index (κ1) is 27.0. The van der Waals surface area contributed by atoms with Crippen molar-refractivity contribution in [2.45, 2.75) is 58.3 Å². The molecule has 2 N–H and O–H groups in total. The molecule has 1 saturated heterocycles. The summed E-state index contributed by atoms with van der Waals surface area (Å²) in [6.07, 6.45) is -5.30. The van der Waals surface area contributed by atoms with Crippen molar-refractivity contribution in [2.24, 2.45) is 5.29 Å². The minimum atomic E-state index is -1.41. The van der Waals surface area contributed by atoms with Crippen LogP contribution in [0.25, 0.3) is 0 Å². The van der Waals surface area contributed by atoms with Gasteiger partial charge in [0.1, 0.15) is 18.8 Å². The SMILES string of the molecule is CC(=O)N[C@@H]1[C@@H](OC(C)=O)[C@H](OC(C)=O)[C@@H](COC(C)=O)O[C@H]1NC(=O)N(CCCl)N=O. The summed E-state index contributed by atoms with van der Waals surface area (Å²) in [5, 5.41) is 7.82. The first-order valence-electron chi connectivity index (χ1n) is 9.37. The van der Waals surface area contributed by atoms with Crippen LogP contribution in [-0.2, 0) is 38.1 Å². The molecule has 0 aromatic heterocycles. The van der Waals surface area contributed by atoms with Gasteiger partial charge < -0.3 is 29.6 Å². The predicted octanol–water partition coefficient (Wildman–Crippen LogP) is -0.426. The zero-order valence-corrected chi connectivity index (χ0v) is 18.6. The van der Waals surface area contributed by atoms with Crippen LogP contribution in [0.2, 0.25) is 0 Å². The fourth-order valence-electron chi connectivity index (χ4n) is 2.91. The Balaban J connectivity index is 3.36. The molecule has 0 aromatic carbocycles. The van der Waals surface area contributed by atoms with E-state index in [0.29, 0.717) is 5.01 Å². The number of rotatable bonds is 9. The average molecular weight is 481 g/mol. The van der Waals surface area contributed by atoms with E-state index >= 15 is 0 Å². The van der Waals surface area contributed by atoms with E-state index in [1.54, 1.807) is 0 Å². The van der Waals surface area contributed by atoms with Crippen molar-refractivity contribution in [3.63, 3.8) is 0 Å². The molecule has 0 spiro atoms.